The van der Waals surface area contributed by atoms with Crippen molar-refractivity contribution in [2.45, 2.75) is 26.2 Å². The predicted octanol–water partition coefficient (Wildman–Crippen LogP) is 1.83. The molecule has 4 nitrogen and oxygen atoms in total. The summed E-state index contributed by atoms with van der Waals surface area (Å²) in [6, 6.07) is 7.90. The Kier molecular flexibility index (Phi) is 5.41. The fraction of sp³-hybridized carbons (Fsp3) is 0.562. The minimum Gasteiger partial charge on any atom is -0.494 e. The van der Waals surface area contributed by atoms with E-state index in [4.69, 9.17) is 10.5 Å². The smallest absolute Gasteiger partial charge is 0.227 e. The van der Waals surface area contributed by atoms with E-state index in [2.05, 4.69) is 0 Å². The molecule has 1 aromatic rings. The number of benzene rings is 1. The van der Waals surface area contributed by atoms with Gasteiger partial charge in [-0.25, -0.2) is 0 Å². The lowest BCUT2D eigenvalue weighted by Crippen LogP contribution is -2.38. The normalized spacial score (nSPS) is 16.2. The first-order valence-electron chi connectivity index (χ1n) is 7.45. The van der Waals surface area contributed by atoms with Gasteiger partial charge in [-0.05, 0) is 37.8 Å². The van der Waals surface area contributed by atoms with Gasteiger partial charge >= 0.3 is 0 Å². The Hall–Kier alpha value is -1.55. The molecule has 1 amide bonds. The van der Waals surface area contributed by atoms with Crippen molar-refractivity contribution in [3.8, 4) is 5.75 Å². The van der Waals surface area contributed by atoms with E-state index in [1.54, 1.807) is 0 Å². The summed E-state index contributed by atoms with van der Waals surface area (Å²) in [4.78, 5) is 14.4. The molecular weight excluding hydrogens is 252 g/mol. The summed E-state index contributed by atoms with van der Waals surface area (Å²) in [6.07, 6.45) is 2.87. The average molecular weight is 276 g/mol. The van der Waals surface area contributed by atoms with E-state index in [1.165, 1.54) is 0 Å². The fourth-order valence-corrected chi connectivity index (χ4v) is 2.70. The molecule has 0 aliphatic carbocycles. The van der Waals surface area contributed by atoms with E-state index in [0.29, 0.717) is 19.6 Å². The van der Waals surface area contributed by atoms with Crippen LogP contribution in [0.1, 0.15) is 25.3 Å². The predicted molar refractivity (Wildman–Crippen MR) is 79.7 cm³/mol. The van der Waals surface area contributed by atoms with Crippen molar-refractivity contribution in [2.24, 2.45) is 11.7 Å². The third-order valence-corrected chi connectivity index (χ3v) is 3.79. The van der Waals surface area contributed by atoms with Crippen LogP contribution in [0.25, 0.3) is 0 Å². The molecule has 1 saturated heterocycles. The summed E-state index contributed by atoms with van der Waals surface area (Å²) in [5.74, 6) is 0.911. The van der Waals surface area contributed by atoms with Crippen LogP contribution in [0.2, 0.25) is 0 Å². The van der Waals surface area contributed by atoms with Gasteiger partial charge in [0.25, 0.3) is 0 Å². The molecule has 0 aromatic heterocycles. The second kappa shape index (κ2) is 7.29. The number of nitrogens with zero attached hydrogens (tertiary/aromatic N) is 1. The molecule has 0 spiro atoms. The summed E-state index contributed by atoms with van der Waals surface area (Å²) in [5, 5.41) is 0. The van der Waals surface area contributed by atoms with Crippen molar-refractivity contribution >= 4 is 5.91 Å². The lowest BCUT2D eigenvalue weighted by atomic mass is 9.97. The van der Waals surface area contributed by atoms with Gasteiger partial charge in [0.1, 0.15) is 5.75 Å². The van der Waals surface area contributed by atoms with Crippen LogP contribution < -0.4 is 10.5 Å². The number of hydrogen-bond acceptors (Lipinski definition) is 3. The Bertz CT molecular complexity index is 442. The Labute approximate surface area is 120 Å². The van der Waals surface area contributed by atoms with Gasteiger partial charge in [-0.1, -0.05) is 18.2 Å². The number of rotatable bonds is 6. The number of carbonyl (C=O) groups excluding carboxylic acids is 1. The van der Waals surface area contributed by atoms with Gasteiger partial charge in [0.15, 0.2) is 0 Å². The van der Waals surface area contributed by atoms with Gasteiger partial charge in [-0.2, -0.15) is 0 Å². The molecule has 1 aliphatic rings. The van der Waals surface area contributed by atoms with Crippen LogP contribution in [0.3, 0.4) is 0 Å². The van der Waals surface area contributed by atoms with Crippen LogP contribution in [0.4, 0.5) is 0 Å². The summed E-state index contributed by atoms with van der Waals surface area (Å²) in [5.41, 5.74) is 6.89. The maximum Gasteiger partial charge on any atom is 0.227 e. The van der Waals surface area contributed by atoms with Gasteiger partial charge in [-0.3, -0.25) is 4.79 Å². The highest BCUT2D eigenvalue weighted by Gasteiger charge is 2.26. The highest BCUT2D eigenvalue weighted by atomic mass is 16.5. The van der Waals surface area contributed by atoms with Gasteiger partial charge in [0, 0.05) is 19.6 Å². The molecule has 1 aromatic carbocycles. The van der Waals surface area contributed by atoms with E-state index < -0.39 is 0 Å². The molecule has 0 saturated carbocycles. The van der Waals surface area contributed by atoms with E-state index >= 15 is 0 Å². The number of carbonyl (C=O) groups is 1. The topological polar surface area (TPSA) is 55.6 Å². The molecule has 1 atom stereocenters. The summed E-state index contributed by atoms with van der Waals surface area (Å²) < 4.78 is 5.62. The van der Waals surface area contributed by atoms with Crippen molar-refractivity contribution in [2.75, 3.05) is 26.2 Å². The third kappa shape index (κ3) is 3.51. The van der Waals surface area contributed by atoms with E-state index in [9.17, 15) is 4.79 Å². The zero-order chi connectivity index (χ0) is 14.4. The van der Waals surface area contributed by atoms with Crippen LogP contribution in [0.15, 0.2) is 24.3 Å². The SMILES string of the molecule is CCOc1ccccc1CC(CN)C(=O)N1CCCC1. The standard InChI is InChI=1S/C16H24N2O2/c1-2-20-15-8-4-3-7-13(15)11-14(12-17)16(19)18-9-5-6-10-18/h3-4,7-8,14H,2,5-6,9-12,17H2,1H3. The molecule has 4 heteroatoms. The first-order chi connectivity index (χ1) is 9.76. The van der Waals surface area contributed by atoms with Crippen molar-refractivity contribution < 1.29 is 9.53 Å². The van der Waals surface area contributed by atoms with Crippen LogP contribution >= 0.6 is 0 Å². The maximum atomic E-state index is 12.5. The van der Waals surface area contributed by atoms with Crippen LogP contribution in [-0.4, -0.2) is 37.0 Å². The third-order valence-electron chi connectivity index (χ3n) is 3.79. The molecule has 1 aliphatic heterocycles. The molecule has 0 radical (unpaired) electrons. The number of para-hydroxylation sites is 1. The number of amides is 1. The highest BCUT2D eigenvalue weighted by molar-refractivity contribution is 5.79. The Balaban J connectivity index is 2.07. The molecule has 1 fully saturated rings. The molecule has 2 rings (SSSR count). The first-order valence-corrected chi connectivity index (χ1v) is 7.45. The fourth-order valence-electron chi connectivity index (χ4n) is 2.70. The number of hydrogen-bond donors (Lipinski definition) is 1. The highest BCUT2D eigenvalue weighted by Crippen LogP contribution is 2.23. The Morgan fingerprint density at radius 3 is 2.70 bits per heavy atom. The van der Waals surface area contributed by atoms with Crippen LogP contribution in [-0.2, 0) is 11.2 Å². The first kappa shape index (κ1) is 14.9. The summed E-state index contributed by atoms with van der Waals surface area (Å²) in [6.45, 7) is 4.73. The summed E-state index contributed by atoms with van der Waals surface area (Å²) >= 11 is 0. The molecular formula is C16H24N2O2. The second-order valence-corrected chi connectivity index (χ2v) is 5.21. The minimum absolute atomic E-state index is 0.144. The van der Waals surface area contributed by atoms with Crippen molar-refractivity contribution in [3.63, 3.8) is 0 Å². The van der Waals surface area contributed by atoms with E-state index in [1.807, 2.05) is 36.1 Å². The number of nitrogens with two attached hydrogens (primary N) is 1. The molecule has 20 heavy (non-hydrogen) atoms. The molecule has 2 N–H and O–H groups in total. The van der Waals surface area contributed by atoms with Gasteiger partial charge in [0.05, 0.1) is 12.5 Å². The van der Waals surface area contributed by atoms with Crippen LogP contribution in [0, 0.1) is 5.92 Å². The lowest BCUT2D eigenvalue weighted by molar-refractivity contribution is -0.134. The van der Waals surface area contributed by atoms with Crippen molar-refractivity contribution in [1.29, 1.82) is 0 Å². The van der Waals surface area contributed by atoms with E-state index in [0.717, 1.165) is 37.2 Å². The number of ether oxygens (including phenoxy) is 1. The number of likely N-dealkylation sites (tertiary alicyclic amines) is 1. The van der Waals surface area contributed by atoms with Crippen molar-refractivity contribution in [3.05, 3.63) is 29.8 Å². The van der Waals surface area contributed by atoms with Gasteiger partial charge < -0.3 is 15.4 Å². The molecule has 1 heterocycles. The quantitative estimate of drug-likeness (QED) is 0.862. The molecule has 110 valence electrons. The second-order valence-electron chi connectivity index (χ2n) is 5.21. The zero-order valence-corrected chi connectivity index (χ0v) is 12.2. The average Bonchev–Trinajstić information content (AvgIpc) is 3.00. The summed E-state index contributed by atoms with van der Waals surface area (Å²) in [7, 11) is 0. The van der Waals surface area contributed by atoms with Gasteiger partial charge in [-0.15, -0.1) is 0 Å². The molecule has 1 unspecified atom stereocenters. The zero-order valence-electron chi connectivity index (χ0n) is 12.2. The lowest BCUT2D eigenvalue weighted by Gasteiger charge is -2.22. The van der Waals surface area contributed by atoms with E-state index in [-0.39, 0.29) is 11.8 Å². The molecule has 0 bridgehead atoms. The van der Waals surface area contributed by atoms with Crippen molar-refractivity contribution in [1.82, 2.24) is 4.90 Å². The van der Waals surface area contributed by atoms with Crippen LogP contribution in [0.5, 0.6) is 5.75 Å². The maximum absolute atomic E-state index is 12.5. The minimum atomic E-state index is -0.144. The monoisotopic (exact) mass is 276 g/mol. The van der Waals surface area contributed by atoms with Gasteiger partial charge in [0.2, 0.25) is 5.91 Å². The largest absolute Gasteiger partial charge is 0.494 e. The Morgan fingerprint density at radius 2 is 2.05 bits per heavy atom. The Morgan fingerprint density at radius 1 is 1.35 bits per heavy atom.